The van der Waals surface area contributed by atoms with Crippen LogP contribution < -0.4 is 10.1 Å². The third-order valence-electron chi connectivity index (χ3n) is 3.79. The van der Waals surface area contributed by atoms with Gasteiger partial charge in [-0.1, -0.05) is 13.3 Å². The lowest BCUT2D eigenvalue weighted by atomic mass is 10.0. The first-order chi connectivity index (χ1) is 9.10. The van der Waals surface area contributed by atoms with Crippen molar-refractivity contribution in [2.75, 3.05) is 19.0 Å². The molecule has 1 fully saturated rings. The molecule has 0 bridgehead atoms. The highest BCUT2D eigenvalue weighted by Gasteiger charge is 2.41. The predicted octanol–water partition coefficient (Wildman–Crippen LogP) is 3.60. The molecular formula is C14H20N2O3. The van der Waals surface area contributed by atoms with E-state index >= 15 is 0 Å². The standard InChI is InChI=1S/C14H20N2O3/c1-3-6-14(7-8-14)10-15-12-9-11(19-2)4-5-13(12)16(17)18/h4-5,9,15H,3,6-8,10H2,1-2H3. The summed E-state index contributed by atoms with van der Waals surface area (Å²) in [6, 6.07) is 4.79. The SMILES string of the molecule is CCCC1(CNc2cc(OC)ccc2[N+](=O)[O-])CC1. The lowest BCUT2D eigenvalue weighted by Crippen LogP contribution is -2.16. The van der Waals surface area contributed by atoms with Gasteiger partial charge in [0.15, 0.2) is 0 Å². The summed E-state index contributed by atoms with van der Waals surface area (Å²) >= 11 is 0. The van der Waals surface area contributed by atoms with E-state index in [0.717, 1.165) is 13.0 Å². The molecule has 2 rings (SSSR count). The molecule has 0 spiro atoms. The predicted molar refractivity (Wildman–Crippen MR) is 74.7 cm³/mol. The van der Waals surface area contributed by atoms with E-state index in [1.165, 1.54) is 25.3 Å². The number of anilines is 1. The van der Waals surface area contributed by atoms with Gasteiger partial charge in [-0.2, -0.15) is 0 Å². The zero-order valence-corrected chi connectivity index (χ0v) is 11.4. The van der Waals surface area contributed by atoms with Crippen molar-refractivity contribution in [1.82, 2.24) is 0 Å². The van der Waals surface area contributed by atoms with Gasteiger partial charge < -0.3 is 10.1 Å². The Morgan fingerprint density at radius 2 is 2.21 bits per heavy atom. The molecular weight excluding hydrogens is 244 g/mol. The van der Waals surface area contributed by atoms with Crippen molar-refractivity contribution >= 4 is 11.4 Å². The smallest absolute Gasteiger partial charge is 0.292 e. The monoisotopic (exact) mass is 264 g/mol. The van der Waals surface area contributed by atoms with Gasteiger partial charge in [-0.05, 0) is 30.7 Å². The van der Waals surface area contributed by atoms with E-state index < -0.39 is 0 Å². The number of ether oxygens (including phenoxy) is 1. The van der Waals surface area contributed by atoms with E-state index in [1.807, 2.05) is 0 Å². The summed E-state index contributed by atoms with van der Waals surface area (Å²) in [5.74, 6) is 0.633. The van der Waals surface area contributed by atoms with Crippen LogP contribution in [0.3, 0.4) is 0 Å². The second-order valence-electron chi connectivity index (χ2n) is 5.24. The molecule has 0 atom stereocenters. The van der Waals surface area contributed by atoms with Crippen LogP contribution in [0, 0.1) is 15.5 Å². The molecule has 1 aromatic carbocycles. The van der Waals surface area contributed by atoms with Crippen molar-refractivity contribution in [1.29, 1.82) is 0 Å². The second kappa shape index (κ2) is 5.47. The number of rotatable bonds is 7. The van der Waals surface area contributed by atoms with E-state index in [4.69, 9.17) is 4.74 Å². The normalized spacial score (nSPS) is 15.9. The topological polar surface area (TPSA) is 64.4 Å². The number of methoxy groups -OCH3 is 1. The van der Waals surface area contributed by atoms with E-state index in [0.29, 0.717) is 16.9 Å². The maximum absolute atomic E-state index is 11.0. The number of benzene rings is 1. The van der Waals surface area contributed by atoms with Crippen molar-refractivity contribution in [3.05, 3.63) is 28.3 Å². The molecule has 19 heavy (non-hydrogen) atoms. The Morgan fingerprint density at radius 1 is 1.47 bits per heavy atom. The molecule has 1 saturated carbocycles. The first-order valence-corrected chi connectivity index (χ1v) is 6.66. The maximum Gasteiger partial charge on any atom is 0.292 e. The average Bonchev–Trinajstić information content (AvgIpc) is 3.16. The van der Waals surface area contributed by atoms with Gasteiger partial charge >= 0.3 is 0 Å². The van der Waals surface area contributed by atoms with Crippen LogP contribution in [-0.2, 0) is 0 Å². The Balaban J connectivity index is 2.11. The summed E-state index contributed by atoms with van der Waals surface area (Å²) in [5.41, 5.74) is 1.01. The highest BCUT2D eigenvalue weighted by Crippen LogP contribution is 2.49. The minimum Gasteiger partial charge on any atom is -0.497 e. The third kappa shape index (κ3) is 3.16. The Hall–Kier alpha value is -1.78. The molecule has 0 amide bonds. The molecule has 0 aliphatic heterocycles. The van der Waals surface area contributed by atoms with E-state index in [1.54, 1.807) is 19.2 Å². The first kappa shape index (κ1) is 13.6. The van der Waals surface area contributed by atoms with Gasteiger partial charge in [-0.25, -0.2) is 0 Å². The first-order valence-electron chi connectivity index (χ1n) is 6.66. The molecule has 0 unspecified atom stereocenters. The summed E-state index contributed by atoms with van der Waals surface area (Å²) in [4.78, 5) is 10.7. The van der Waals surface area contributed by atoms with Gasteiger partial charge in [-0.3, -0.25) is 10.1 Å². The number of nitro benzene ring substituents is 1. The number of nitrogens with zero attached hydrogens (tertiary/aromatic N) is 1. The van der Waals surface area contributed by atoms with Crippen molar-refractivity contribution in [2.45, 2.75) is 32.6 Å². The Bertz CT molecular complexity index is 470. The Labute approximate surface area is 113 Å². The fourth-order valence-corrected chi connectivity index (χ4v) is 2.45. The van der Waals surface area contributed by atoms with Gasteiger partial charge in [0.25, 0.3) is 5.69 Å². The molecule has 0 heterocycles. The van der Waals surface area contributed by atoms with Crippen LogP contribution in [0.1, 0.15) is 32.6 Å². The zero-order chi connectivity index (χ0) is 13.9. The molecule has 1 aliphatic rings. The second-order valence-corrected chi connectivity index (χ2v) is 5.24. The molecule has 5 heteroatoms. The van der Waals surface area contributed by atoms with Crippen molar-refractivity contribution < 1.29 is 9.66 Å². The Kier molecular flexibility index (Phi) is 3.93. The van der Waals surface area contributed by atoms with E-state index in [9.17, 15) is 10.1 Å². The summed E-state index contributed by atoms with van der Waals surface area (Å²) in [6.45, 7) is 2.98. The van der Waals surface area contributed by atoms with Crippen LogP contribution in [0.5, 0.6) is 5.75 Å². The van der Waals surface area contributed by atoms with Crippen molar-refractivity contribution in [3.8, 4) is 5.75 Å². The van der Waals surface area contributed by atoms with Crippen LogP contribution in [0.15, 0.2) is 18.2 Å². The summed E-state index contributed by atoms with van der Waals surface area (Å²) in [7, 11) is 1.56. The molecule has 1 aromatic rings. The lowest BCUT2D eigenvalue weighted by molar-refractivity contribution is -0.384. The van der Waals surface area contributed by atoms with Gasteiger partial charge in [0.1, 0.15) is 11.4 Å². The van der Waals surface area contributed by atoms with Crippen LogP contribution in [-0.4, -0.2) is 18.6 Å². The van der Waals surface area contributed by atoms with E-state index in [2.05, 4.69) is 12.2 Å². The summed E-state index contributed by atoms with van der Waals surface area (Å²) in [6.07, 6.45) is 4.76. The van der Waals surface area contributed by atoms with Gasteiger partial charge in [0.05, 0.1) is 12.0 Å². The third-order valence-corrected chi connectivity index (χ3v) is 3.79. The minimum absolute atomic E-state index is 0.105. The molecule has 104 valence electrons. The fraction of sp³-hybridized carbons (Fsp3) is 0.571. The van der Waals surface area contributed by atoms with Gasteiger partial charge in [-0.15, -0.1) is 0 Å². The summed E-state index contributed by atoms with van der Waals surface area (Å²) < 4.78 is 5.12. The molecule has 1 aliphatic carbocycles. The summed E-state index contributed by atoms with van der Waals surface area (Å²) in [5, 5.41) is 14.2. The quantitative estimate of drug-likeness (QED) is 0.603. The minimum atomic E-state index is -0.360. The van der Waals surface area contributed by atoms with Crippen molar-refractivity contribution in [3.63, 3.8) is 0 Å². The Morgan fingerprint density at radius 3 is 2.74 bits per heavy atom. The molecule has 0 saturated heterocycles. The number of hydrogen-bond donors (Lipinski definition) is 1. The molecule has 0 aromatic heterocycles. The van der Waals surface area contributed by atoms with Gasteiger partial charge in [0, 0.05) is 18.7 Å². The highest BCUT2D eigenvalue weighted by molar-refractivity contribution is 5.64. The van der Waals surface area contributed by atoms with Crippen LogP contribution in [0.2, 0.25) is 0 Å². The average molecular weight is 264 g/mol. The number of hydrogen-bond acceptors (Lipinski definition) is 4. The maximum atomic E-state index is 11.0. The fourth-order valence-electron chi connectivity index (χ4n) is 2.45. The molecule has 5 nitrogen and oxygen atoms in total. The molecule has 1 N–H and O–H groups in total. The zero-order valence-electron chi connectivity index (χ0n) is 11.4. The molecule has 0 radical (unpaired) electrons. The lowest BCUT2D eigenvalue weighted by Gasteiger charge is -2.16. The van der Waals surface area contributed by atoms with Crippen LogP contribution in [0.25, 0.3) is 0 Å². The van der Waals surface area contributed by atoms with E-state index in [-0.39, 0.29) is 10.6 Å². The largest absolute Gasteiger partial charge is 0.497 e. The highest BCUT2D eigenvalue weighted by atomic mass is 16.6. The number of nitro groups is 1. The van der Waals surface area contributed by atoms with Gasteiger partial charge in [0.2, 0.25) is 0 Å². The number of nitrogens with one attached hydrogen (secondary N) is 1. The van der Waals surface area contributed by atoms with Crippen LogP contribution >= 0.6 is 0 Å². The van der Waals surface area contributed by atoms with Crippen molar-refractivity contribution in [2.24, 2.45) is 5.41 Å². The van der Waals surface area contributed by atoms with Crippen LogP contribution in [0.4, 0.5) is 11.4 Å².